The van der Waals surface area contributed by atoms with Crippen molar-refractivity contribution in [1.29, 1.82) is 0 Å². The van der Waals surface area contributed by atoms with E-state index in [0.717, 1.165) is 46.7 Å². The average molecular weight is 456 g/mol. The molecule has 0 fully saturated rings. The summed E-state index contributed by atoms with van der Waals surface area (Å²) in [7, 11) is 0. The van der Waals surface area contributed by atoms with Crippen LogP contribution in [0.4, 0.5) is 0 Å². The van der Waals surface area contributed by atoms with Gasteiger partial charge in [-0.25, -0.2) is 4.98 Å². The van der Waals surface area contributed by atoms with Gasteiger partial charge in [0.1, 0.15) is 11.6 Å². The van der Waals surface area contributed by atoms with Gasteiger partial charge in [0, 0.05) is 12.1 Å². The second-order valence-electron chi connectivity index (χ2n) is 9.15. The fraction of sp³-hybridized carbons (Fsp3) is 0.310. The second kappa shape index (κ2) is 10.1. The van der Waals surface area contributed by atoms with E-state index in [1.165, 1.54) is 11.1 Å². The Bertz CT molecular complexity index is 1300. The molecule has 1 unspecified atom stereocenters. The van der Waals surface area contributed by atoms with Gasteiger partial charge in [-0.2, -0.15) is 0 Å². The molecule has 3 aromatic carbocycles. The Labute approximate surface area is 201 Å². The van der Waals surface area contributed by atoms with Crippen LogP contribution in [0.5, 0.6) is 5.75 Å². The molecular weight excluding hydrogens is 422 g/mol. The Hall–Kier alpha value is -3.60. The Morgan fingerprint density at radius 3 is 2.44 bits per heavy atom. The van der Waals surface area contributed by atoms with Gasteiger partial charge in [-0.05, 0) is 88.1 Å². The Morgan fingerprint density at radius 1 is 0.971 bits per heavy atom. The number of hydrogen-bond donors (Lipinski definition) is 1. The Balaban J connectivity index is 1.49. The third-order valence-corrected chi connectivity index (χ3v) is 6.04. The summed E-state index contributed by atoms with van der Waals surface area (Å²) in [6.45, 7) is 11.5. The number of para-hydroxylation sites is 2. The number of benzene rings is 3. The third kappa shape index (κ3) is 5.30. The quantitative estimate of drug-likeness (QED) is 0.320. The predicted molar refractivity (Wildman–Crippen MR) is 138 cm³/mol. The van der Waals surface area contributed by atoms with Crippen LogP contribution < -0.4 is 10.1 Å². The fourth-order valence-electron chi connectivity index (χ4n) is 4.50. The summed E-state index contributed by atoms with van der Waals surface area (Å²) < 4.78 is 8.22. The first-order valence-corrected chi connectivity index (χ1v) is 11.9. The molecule has 176 valence electrons. The molecule has 5 heteroatoms. The van der Waals surface area contributed by atoms with Crippen LogP contribution in [-0.4, -0.2) is 22.1 Å². The molecule has 0 radical (unpaired) electrons. The Morgan fingerprint density at radius 2 is 1.71 bits per heavy atom. The van der Waals surface area contributed by atoms with Crippen molar-refractivity contribution in [3.8, 4) is 5.75 Å². The third-order valence-electron chi connectivity index (χ3n) is 6.04. The zero-order chi connectivity index (χ0) is 24.2. The van der Waals surface area contributed by atoms with E-state index in [9.17, 15) is 4.79 Å². The summed E-state index contributed by atoms with van der Waals surface area (Å²) in [5.74, 6) is 1.68. The van der Waals surface area contributed by atoms with Crippen molar-refractivity contribution in [2.45, 2.75) is 53.6 Å². The lowest BCUT2D eigenvalue weighted by atomic mass is 10.0. The summed E-state index contributed by atoms with van der Waals surface area (Å²) in [4.78, 5) is 17.9. The zero-order valence-electron chi connectivity index (χ0n) is 20.7. The first-order chi connectivity index (χ1) is 16.3. The average Bonchev–Trinajstić information content (AvgIpc) is 3.15. The highest BCUT2D eigenvalue weighted by atomic mass is 16.5. The summed E-state index contributed by atoms with van der Waals surface area (Å²) in [5, 5.41) is 3.15. The van der Waals surface area contributed by atoms with Gasteiger partial charge < -0.3 is 14.6 Å². The lowest BCUT2D eigenvalue weighted by molar-refractivity contribution is 0.0937. The smallest absolute Gasteiger partial charge is 0.252 e. The van der Waals surface area contributed by atoms with E-state index in [-0.39, 0.29) is 11.9 Å². The largest absolute Gasteiger partial charge is 0.494 e. The number of hydrogen-bond acceptors (Lipinski definition) is 3. The summed E-state index contributed by atoms with van der Waals surface area (Å²) in [5.41, 5.74) is 7.21. The number of fused-ring (bicyclic) bond motifs is 1. The van der Waals surface area contributed by atoms with Gasteiger partial charge in [0.05, 0.1) is 23.7 Å². The lowest BCUT2D eigenvalue weighted by Gasteiger charge is -2.17. The van der Waals surface area contributed by atoms with Crippen molar-refractivity contribution in [1.82, 2.24) is 14.9 Å². The van der Waals surface area contributed by atoms with Crippen molar-refractivity contribution in [2.24, 2.45) is 0 Å². The van der Waals surface area contributed by atoms with Gasteiger partial charge >= 0.3 is 0 Å². The molecule has 0 saturated carbocycles. The molecule has 0 bridgehead atoms. The highest BCUT2D eigenvalue weighted by Crippen LogP contribution is 2.23. The molecule has 0 spiro atoms. The highest BCUT2D eigenvalue weighted by molar-refractivity contribution is 5.96. The second-order valence-corrected chi connectivity index (χ2v) is 9.15. The molecule has 1 aromatic heterocycles. The van der Waals surface area contributed by atoms with E-state index < -0.39 is 0 Å². The minimum absolute atomic E-state index is 0.0817. The summed E-state index contributed by atoms with van der Waals surface area (Å²) in [6, 6.07) is 20.0. The summed E-state index contributed by atoms with van der Waals surface area (Å²) >= 11 is 0. The van der Waals surface area contributed by atoms with Gasteiger partial charge in [-0.15, -0.1) is 0 Å². The molecule has 1 heterocycles. The lowest BCUT2D eigenvalue weighted by Crippen LogP contribution is -2.29. The van der Waals surface area contributed by atoms with Gasteiger partial charge in [-0.1, -0.05) is 35.9 Å². The van der Waals surface area contributed by atoms with E-state index in [1.807, 2.05) is 57.2 Å². The number of amides is 1. The number of rotatable bonds is 8. The number of ether oxygens (including phenoxy) is 1. The fourth-order valence-corrected chi connectivity index (χ4v) is 4.50. The molecule has 4 rings (SSSR count). The molecule has 1 amide bonds. The maximum absolute atomic E-state index is 13.0. The van der Waals surface area contributed by atoms with Crippen LogP contribution in [0.2, 0.25) is 0 Å². The molecule has 0 aliphatic heterocycles. The van der Waals surface area contributed by atoms with Crippen molar-refractivity contribution in [3.05, 3.63) is 94.3 Å². The number of carbonyl (C=O) groups is 1. The maximum Gasteiger partial charge on any atom is 0.252 e. The van der Waals surface area contributed by atoms with Crippen LogP contribution in [0.3, 0.4) is 0 Å². The van der Waals surface area contributed by atoms with Crippen molar-refractivity contribution in [2.75, 3.05) is 6.61 Å². The van der Waals surface area contributed by atoms with Crippen LogP contribution in [0.25, 0.3) is 11.0 Å². The predicted octanol–water partition coefficient (Wildman–Crippen LogP) is 6.23. The molecule has 0 aliphatic rings. The molecule has 1 atom stereocenters. The topological polar surface area (TPSA) is 56.1 Å². The standard InChI is InChI=1S/C29H33N3O2/c1-19-11-12-25(22(4)16-19)29(33)30-23(5)28-31-26-9-6-7-10-27(26)32(28)13-8-14-34-24-17-20(2)15-21(3)18-24/h6-7,9-12,15-18,23H,8,13-14H2,1-5H3,(H,30,33). The highest BCUT2D eigenvalue weighted by Gasteiger charge is 2.20. The number of imidazole rings is 1. The van der Waals surface area contributed by atoms with Crippen LogP contribution in [0.15, 0.2) is 60.7 Å². The monoisotopic (exact) mass is 455 g/mol. The zero-order valence-corrected chi connectivity index (χ0v) is 20.7. The van der Waals surface area contributed by atoms with E-state index in [4.69, 9.17) is 9.72 Å². The molecule has 0 aliphatic carbocycles. The first kappa shape index (κ1) is 23.6. The number of nitrogens with zero attached hydrogens (tertiary/aromatic N) is 2. The minimum Gasteiger partial charge on any atom is -0.494 e. The molecule has 1 N–H and O–H groups in total. The van der Waals surface area contributed by atoms with Crippen molar-refractivity contribution in [3.63, 3.8) is 0 Å². The van der Waals surface area contributed by atoms with Crippen molar-refractivity contribution >= 4 is 16.9 Å². The van der Waals surface area contributed by atoms with E-state index in [2.05, 4.69) is 48.0 Å². The summed E-state index contributed by atoms with van der Waals surface area (Å²) in [6.07, 6.45) is 0.831. The number of aromatic nitrogens is 2. The van der Waals surface area contributed by atoms with Crippen LogP contribution >= 0.6 is 0 Å². The minimum atomic E-state index is -0.235. The van der Waals surface area contributed by atoms with Gasteiger partial charge in [0.2, 0.25) is 0 Å². The molecule has 5 nitrogen and oxygen atoms in total. The van der Waals surface area contributed by atoms with Crippen molar-refractivity contribution < 1.29 is 9.53 Å². The normalized spacial score (nSPS) is 12.0. The van der Waals surface area contributed by atoms with E-state index >= 15 is 0 Å². The SMILES string of the molecule is Cc1cc(C)cc(OCCCn2c(C(C)NC(=O)c3ccc(C)cc3C)nc3ccccc32)c1. The molecule has 4 aromatic rings. The van der Waals surface area contributed by atoms with Gasteiger partial charge in [-0.3, -0.25) is 4.79 Å². The van der Waals surface area contributed by atoms with Gasteiger partial charge in [0.15, 0.2) is 0 Å². The van der Waals surface area contributed by atoms with E-state index in [1.54, 1.807) is 0 Å². The molecular formula is C29H33N3O2. The number of nitrogens with one attached hydrogen (secondary N) is 1. The van der Waals surface area contributed by atoms with Crippen LogP contribution in [0, 0.1) is 27.7 Å². The van der Waals surface area contributed by atoms with Gasteiger partial charge in [0.25, 0.3) is 5.91 Å². The number of carbonyl (C=O) groups excluding carboxylic acids is 1. The van der Waals surface area contributed by atoms with Crippen LogP contribution in [0.1, 0.15) is 57.8 Å². The Kier molecular flexibility index (Phi) is 7.01. The molecule has 0 saturated heterocycles. The maximum atomic E-state index is 13.0. The van der Waals surface area contributed by atoms with Crippen LogP contribution in [-0.2, 0) is 6.54 Å². The first-order valence-electron chi connectivity index (χ1n) is 11.9. The molecule has 34 heavy (non-hydrogen) atoms. The number of aryl methyl sites for hydroxylation is 5. The van der Waals surface area contributed by atoms with E-state index in [0.29, 0.717) is 12.2 Å².